The molecule has 0 aromatic carbocycles. The van der Waals surface area contributed by atoms with E-state index in [2.05, 4.69) is 5.92 Å². The summed E-state index contributed by atoms with van der Waals surface area (Å²) in [7, 11) is 0. The van der Waals surface area contributed by atoms with Crippen molar-refractivity contribution in [1.82, 2.24) is 0 Å². The zero-order valence-electron chi connectivity index (χ0n) is 5.52. The molecule has 0 radical (unpaired) electrons. The number of hydrogen-bond acceptors (Lipinski definition) is 1. The summed E-state index contributed by atoms with van der Waals surface area (Å²) < 4.78 is 0. The molecular formula is C8H11O-. The third-order valence-corrected chi connectivity index (χ3v) is 1.87. The number of rotatable bonds is 0. The Balaban J connectivity index is 2.28. The van der Waals surface area contributed by atoms with Gasteiger partial charge in [0.2, 0.25) is 0 Å². The van der Waals surface area contributed by atoms with E-state index in [0.717, 1.165) is 12.8 Å². The van der Waals surface area contributed by atoms with E-state index in [0.29, 0.717) is 5.92 Å². The van der Waals surface area contributed by atoms with Crippen molar-refractivity contribution in [2.45, 2.75) is 32.1 Å². The van der Waals surface area contributed by atoms with Crippen molar-refractivity contribution in [3.8, 4) is 12.0 Å². The summed E-state index contributed by atoms with van der Waals surface area (Å²) in [6, 6.07) is 0. The van der Waals surface area contributed by atoms with Crippen LogP contribution in [0, 0.1) is 17.9 Å². The molecule has 0 unspecified atom stereocenters. The van der Waals surface area contributed by atoms with Crippen LogP contribution < -0.4 is 5.11 Å². The predicted molar refractivity (Wildman–Crippen MR) is 34.4 cm³/mol. The van der Waals surface area contributed by atoms with Crippen molar-refractivity contribution in [2.75, 3.05) is 0 Å². The van der Waals surface area contributed by atoms with Crippen molar-refractivity contribution in [2.24, 2.45) is 5.92 Å². The lowest BCUT2D eigenvalue weighted by Gasteiger charge is -2.15. The maximum absolute atomic E-state index is 9.84. The van der Waals surface area contributed by atoms with Crippen LogP contribution >= 0.6 is 0 Å². The van der Waals surface area contributed by atoms with Gasteiger partial charge >= 0.3 is 0 Å². The molecule has 1 fully saturated rings. The molecule has 1 saturated carbocycles. The van der Waals surface area contributed by atoms with Gasteiger partial charge in [-0.15, -0.1) is 5.92 Å². The van der Waals surface area contributed by atoms with Crippen LogP contribution in [0.1, 0.15) is 32.1 Å². The Kier molecular flexibility index (Phi) is 2.45. The van der Waals surface area contributed by atoms with Crippen molar-refractivity contribution >= 4 is 0 Å². The lowest BCUT2D eigenvalue weighted by molar-refractivity contribution is -0.247. The molecule has 0 N–H and O–H groups in total. The third-order valence-electron chi connectivity index (χ3n) is 1.87. The Labute approximate surface area is 56.1 Å². The van der Waals surface area contributed by atoms with Gasteiger partial charge < -0.3 is 5.11 Å². The Morgan fingerprint density at radius 1 is 1.11 bits per heavy atom. The average Bonchev–Trinajstić information content (AvgIpc) is 1.91. The van der Waals surface area contributed by atoms with Gasteiger partial charge in [-0.3, -0.25) is 0 Å². The summed E-state index contributed by atoms with van der Waals surface area (Å²) in [5.41, 5.74) is 0. The average molecular weight is 123 g/mol. The molecule has 1 aliphatic carbocycles. The minimum Gasteiger partial charge on any atom is -0.833 e. The second-order valence-corrected chi connectivity index (χ2v) is 2.58. The maximum Gasteiger partial charge on any atom is 0.0196 e. The molecule has 0 heterocycles. The van der Waals surface area contributed by atoms with E-state index in [9.17, 15) is 5.11 Å². The van der Waals surface area contributed by atoms with Gasteiger partial charge in [-0.25, -0.2) is 0 Å². The van der Waals surface area contributed by atoms with Crippen LogP contribution in [-0.4, -0.2) is 0 Å². The second-order valence-electron chi connectivity index (χ2n) is 2.58. The van der Waals surface area contributed by atoms with Crippen LogP contribution in [0.2, 0.25) is 0 Å². The minimum absolute atomic E-state index is 0.427. The molecule has 1 nitrogen and oxygen atoms in total. The SMILES string of the molecule is [O-]C#CC1CCCCC1. The first kappa shape index (κ1) is 6.48. The van der Waals surface area contributed by atoms with Crippen LogP contribution in [0.25, 0.3) is 0 Å². The van der Waals surface area contributed by atoms with Crippen molar-refractivity contribution in [3.05, 3.63) is 0 Å². The monoisotopic (exact) mass is 123 g/mol. The highest BCUT2D eigenvalue weighted by molar-refractivity contribution is 4.96. The van der Waals surface area contributed by atoms with Crippen LogP contribution in [0.3, 0.4) is 0 Å². The molecule has 0 aromatic heterocycles. The lowest BCUT2D eigenvalue weighted by Crippen LogP contribution is -2.04. The first-order chi connectivity index (χ1) is 4.43. The smallest absolute Gasteiger partial charge is 0.0196 e. The highest BCUT2D eigenvalue weighted by atomic mass is 16.2. The second kappa shape index (κ2) is 3.40. The molecule has 0 saturated heterocycles. The van der Waals surface area contributed by atoms with Crippen molar-refractivity contribution < 1.29 is 5.11 Å². The van der Waals surface area contributed by atoms with Crippen LogP contribution in [0.5, 0.6) is 0 Å². The van der Waals surface area contributed by atoms with Gasteiger partial charge in [-0.2, -0.15) is 6.11 Å². The molecular weight excluding hydrogens is 112 g/mol. The summed E-state index contributed by atoms with van der Waals surface area (Å²) in [4.78, 5) is 0. The maximum atomic E-state index is 9.84. The van der Waals surface area contributed by atoms with Crippen LogP contribution in [0.15, 0.2) is 0 Å². The fraction of sp³-hybridized carbons (Fsp3) is 0.750. The molecule has 0 spiro atoms. The molecule has 50 valence electrons. The number of hydrogen-bond donors (Lipinski definition) is 0. The van der Waals surface area contributed by atoms with Gasteiger partial charge in [0.15, 0.2) is 0 Å². The minimum atomic E-state index is 0.427. The molecule has 0 atom stereocenters. The van der Waals surface area contributed by atoms with E-state index in [1.807, 2.05) is 0 Å². The molecule has 0 aromatic rings. The van der Waals surface area contributed by atoms with E-state index in [1.54, 1.807) is 6.11 Å². The van der Waals surface area contributed by atoms with E-state index in [4.69, 9.17) is 0 Å². The fourth-order valence-electron chi connectivity index (χ4n) is 1.33. The summed E-state index contributed by atoms with van der Waals surface area (Å²) in [6.45, 7) is 0. The molecule has 0 aliphatic heterocycles. The zero-order chi connectivity index (χ0) is 6.53. The quantitative estimate of drug-likeness (QED) is 0.439. The molecule has 9 heavy (non-hydrogen) atoms. The van der Waals surface area contributed by atoms with E-state index >= 15 is 0 Å². The van der Waals surface area contributed by atoms with Crippen molar-refractivity contribution in [3.63, 3.8) is 0 Å². The molecule has 1 aliphatic rings. The van der Waals surface area contributed by atoms with Gasteiger partial charge in [0.25, 0.3) is 0 Å². The Bertz CT molecular complexity index is 123. The zero-order valence-corrected chi connectivity index (χ0v) is 5.52. The first-order valence-corrected chi connectivity index (χ1v) is 3.56. The molecule has 1 rings (SSSR count). The Morgan fingerprint density at radius 2 is 1.78 bits per heavy atom. The first-order valence-electron chi connectivity index (χ1n) is 3.56. The lowest BCUT2D eigenvalue weighted by atomic mass is 9.90. The van der Waals surface area contributed by atoms with Gasteiger partial charge in [-0.05, 0) is 12.8 Å². The summed E-state index contributed by atoms with van der Waals surface area (Å²) >= 11 is 0. The van der Waals surface area contributed by atoms with Gasteiger partial charge in [0.1, 0.15) is 0 Å². The van der Waals surface area contributed by atoms with Gasteiger partial charge in [0, 0.05) is 5.92 Å². The van der Waals surface area contributed by atoms with E-state index in [-0.39, 0.29) is 0 Å². The summed E-state index contributed by atoms with van der Waals surface area (Å²) in [6.07, 6.45) is 7.89. The van der Waals surface area contributed by atoms with E-state index in [1.165, 1.54) is 19.3 Å². The Morgan fingerprint density at radius 3 is 2.33 bits per heavy atom. The fourth-order valence-corrected chi connectivity index (χ4v) is 1.33. The summed E-state index contributed by atoms with van der Waals surface area (Å²) in [5, 5.41) is 9.84. The molecule has 0 amide bonds. The molecule has 1 heteroatoms. The third kappa shape index (κ3) is 1.97. The largest absolute Gasteiger partial charge is 0.833 e. The predicted octanol–water partition coefficient (Wildman–Crippen LogP) is 0.888. The van der Waals surface area contributed by atoms with Crippen LogP contribution in [-0.2, 0) is 0 Å². The normalized spacial score (nSPS) is 20.4. The standard InChI is InChI=1S/C8H12O/c9-7-6-8-4-2-1-3-5-8/h8-9H,1-5H2/p-1. The van der Waals surface area contributed by atoms with Crippen LogP contribution in [0.4, 0.5) is 0 Å². The highest BCUT2D eigenvalue weighted by Crippen LogP contribution is 2.22. The summed E-state index contributed by atoms with van der Waals surface area (Å²) in [5.74, 6) is 3.11. The van der Waals surface area contributed by atoms with E-state index < -0.39 is 0 Å². The highest BCUT2D eigenvalue weighted by Gasteiger charge is 2.08. The molecule has 0 bridgehead atoms. The Hall–Kier alpha value is -0.640. The van der Waals surface area contributed by atoms with Gasteiger partial charge in [-0.1, -0.05) is 19.3 Å². The van der Waals surface area contributed by atoms with Crippen molar-refractivity contribution in [1.29, 1.82) is 0 Å². The topological polar surface area (TPSA) is 23.1 Å². The van der Waals surface area contributed by atoms with Gasteiger partial charge in [0.05, 0.1) is 0 Å².